The number of hydrogen-bond donors (Lipinski definition) is 0. The first kappa shape index (κ1) is 21.7. The third-order valence-electron chi connectivity index (χ3n) is 5.79. The second kappa shape index (κ2) is 9.31. The predicted octanol–water partition coefficient (Wildman–Crippen LogP) is 6.34. The number of aryl methyl sites for hydroxylation is 2. The molecule has 4 rings (SSSR count). The number of carbonyl (C=O) groups is 1. The van der Waals surface area contributed by atoms with E-state index in [1.807, 2.05) is 25.1 Å². The Bertz CT molecular complexity index is 1140. The van der Waals surface area contributed by atoms with E-state index in [1.54, 1.807) is 12.1 Å². The van der Waals surface area contributed by atoms with Gasteiger partial charge in [-0.25, -0.2) is 0 Å². The van der Waals surface area contributed by atoms with E-state index in [0.29, 0.717) is 29.4 Å². The number of Topliss-reactive ketones (excluding diaryl/α,β-unsaturated/α-hetero) is 1. The first-order chi connectivity index (χ1) is 15.5. The van der Waals surface area contributed by atoms with E-state index < -0.39 is 0 Å². The Morgan fingerprint density at radius 1 is 0.938 bits per heavy atom. The van der Waals surface area contributed by atoms with Crippen molar-refractivity contribution in [1.29, 1.82) is 0 Å². The molecule has 0 spiro atoms. The minimum Gasteiger partial charge on any atom is -0.489 e. The molecule has 4 heteroatoms. The highest BCUT2D eigenvalue weighted by atomic mass is 16.5. The van der Waals surface area contributed by atoms with Gasteiger partial charge in [0.25, 0.3) is 0 Å². The first-order valence-corrected chi connectivity index (χ1v) is 11.1. The largest absolute Gasteiger partial charge is 0.489 e. The molecule has 0 saturated carbocycles. The van der Waals surface area contributed by atoms with E-state index in [-0.39, 0.29) is 5.78 Å². The Morgan fingerprint density at radius 2 is 1.62 bits per heavy atom. The molecule has 1 heterocycles. The number of rotatable bonds is 7. The molecule has 3 aromatic carbocycles. The van der Waals surface area contributed by atoms with Crippen LogP contribution in [-0.4, -0.2) is 18.9 Å². The van der Waals surface area contributed by atoms with Gasteiger partial charge in [0.05, 0.1) is 5.56 Å². The molecule has 0 fully saturated rings. The van der Waals surface area contributed by atoms with Crippen LogP contribution >= 0.6 is 0 Å². The number of ketones is 1. The second-order valence-corrected chi connectivity index (χ2v) is 8.09. The third kappa shape index (κ3) is 4.54. The summed E-state index contributed by atoms with van der Waals surface area (Å²) in [6.07, 6.45) is 1.81. The first-order valence-electron chi connectivity index (χ1n) is 11.1. The average molecular weight is 428 g/mol. The van der Waals surface area contributed by atoms with Crippen LogP contribution in [0.25, 0.3) is 6.08 Å². The van der Waals surface area contributed by atoms with Crippen molar-refractivity contribution < 1.29 is 14.3 Å². The van der Waals surface area contributed by atoms with Crippen LogP contribution in [0.2, 0.25) is 0 Å². The van der Waals surface area contributed by atoms with Gasteiger partial charge in [-0.2, -0.15) is 0 Å². The molecule has 0 atom stereocenters. The zero-order valence-corrected chi connectivity index (χ0v) is 19.1. The highest BCUT2D eigenvalue weighted by molar-refractivity contribution is 6.15. The van der Waals surface area contributed by atoms with Gasteiger partial charge in [0, 0.05) is 24.8 Å². The summed E-state index contributed by atoms with van der Waals surface area (Å²) in [5.41, 5.74) is 5.89. The third-order valence-corrected chi connectivity index (χ3v) is 5.79. The van der Waals surface area contributed by atoms with Crippen molar-refractivity contribution in [1.82, 2.24) is 0 Å². The number of hydrogen-bond acceptors (Lipinski definition) is 4. The van der Waals surface area contributed by atoms with E-state index >= 15 is 0 Å². The Labute approximate surface area is 190 Å². The lowest BCUT2D eigenvalue weighted by atomic mass is 10.0. The van der Waals surface area contributed by atoms with Crippen LogP contribution < -0.4 is 14.4 Å². The Balaban J connectivity index is 1.51. The zero-order valence-electron chi connectivity index (χ0n) is 19.1. The fraction of sp³-hybridized carbons (Fsp3) is 0.250. The fourth-order valence-corrected chi connectivity index (χ4v) is 3.93. The topological polar surface area (TPSA) is 38.8 Å². The van der Waals surface area contributed by atoms with Crippen molar-refractivity contribution in [3.63, 3.8) is 0 Å². The van der Waals surface area contributed by atoms with Gasteiger partial charge >= 0.3 is 0 Å². The Kier molecular flexibility index (Phi) is 6.31. The maximum absolute atomic E-state index is 13.0. The molecular weight excluding hydrogens is 398 g/mol. The summed E-state index contributed by atoms with van der Waals surface area (Å²) in [5, 5.41) is 0. The van der Waals surface area contributed by atoms with Crippen molar-refractivity contribution in [2.75, 3.05) is 18.0 Å². The summed E-state index contributed by atoms with van der Waals surface area (Å²) in [6.45, 7) is 10.6. The Hall–Kier alpha value is -3.53. The van der Waals surface area contributed by atoms with Crippen molar-refractivity contribution >= 4 is 17.5 Å². The van der Waals surface area contributed by atoms with E-state index in [9.17, 15) is 4.79 Å². The number of ether oxygens (including phenoxy) is 2. The molecule has 0 aromatic heterocycles. The molecule has 4 nitrogen and oxygen atoms in total. The van der Waals surface area contributed by atoms with E-state index in [0.717, 1.165) is 29.8 Å². The van der Waals surface area contributed by atoms with Crippen LogP contribution in [0.4, 0.5) is 5.69 Å². The molecule has 0 radical (unpaired) electrons. The van der Waals surface area contributed by atoms with Crippen molar-refractivity contribution in [3.05, 3.63) is 94.2 Å². The van der Waals surface area contributed by atoms with Crippen LogP contribution in [0, 0.1) is 13.8 Å². The summed E-state index contributed by atoms with van der Waals surface area (Å²) in [6, 6.07) is 20.1. The average Bonchev–Trinajstić information content (AvgIpc) is 3.11. The summed E-state index contributed by atoms with van der Waals surface area (Å²) >= 11 is 0. The number of benzene rings is 3. The molecule has 3 aromatic rings. The normalized spacial score (nSPS) is 13.8. The lowest BCUT2D eigenvalue weighted by molar-refractivity contribution is 0.101. The lowest BCUT2D eigenvalue weighted by Gasteiger charge is -2.20. The van der Waals surface area contributed by atoms with Crippen LogP contribution in [0.3, 0.4) is 0 Å². The standard InChI is InChI=1S/C28H29NO3/c1-5-29(6-2)23-13-11-21(12-14-23)16-26-28(30)27-20(4)15-24(17-25(27)32-26)31-18-22-9-7-19(3)8-10-22/h7-17H,5-6,18H2,1-4H3/b26-16-. The van der Waals surface area contributed by atoms with Crippen molar-refractivity contribution in [2.45, 2.75) is 34.3 Å². The van der Waals surface area contributed by atoms with Gasteiger partial charge in [0.2, 0.25) is 5.78 Å². The number of carbonyl (C=O) groups excluding carboxylic acids is 1. The second-order valence-electron chi connectivity index (χ2n) is 8.09. The number of anilines is 1. The molecular formula is C28H29NO3. The highest BCUT2D eigenvalue weighted by Gasteiger charge is 2.30. The predicted molar refractivity (Wildman–Crippen MR) is 130 cm³/mol. The molecule has 0 aliphatic carbocycles. The van der Waals surface area contributed by atoms with Gasteiger partial charge in [-0.15, -0.1) is 0 Å². The van der Waals surface area contributed by atoms with Gasteiger partial charge in [-0.1, -0.05) is 42.0 Å². The molecule has 0 bridgehead atoms. The molecule has 0 saturated heterocycles. The van der Waals surface area contributed by atoms with Crippen LogP contribution in [0.15, 0.2) is 66.4 Å². The number of nitrogens with zero attached hydrogens (tertiary/aromatic N) is 1. The molecule has 1 aliphatic heterocycles. The van der Waals surface area contributed by atoms with E-state index in [1.165, 1.54) is 11.3 Å². The molecule has 1 aliphatic rings. The SMILES string of the molecule is CCN(CC)c1ccc(/C=C2\Oc3cc(OCc4ccc(C)cc4)cc(C)c3C2=O)cc1. The van der Waals surface area contributed by atoms with Crippen LogP contribution in [-0.2, 0) is 6.61 Å². The summed E-state index contributed by atoms with van der Waals surface area (Å²) in [7, 11) is 0. The summed E-state index contributed by atoms with van der Waals surface area (Å²) in [4.78, 5) is 15.3. The minimum atomic E-state index is -0.0876. The van der Waals surface area contributed by atoms with Crippen molar-refractivity contribution in [2.24, 2.45) is 0 Å². The van der Waals surface area contributed by atoms with Crippen molar-refractivity contribution in [3.8, 4) is 11.5 Å². The lowest BCUT2D eigenvalue weighted by Crippen LogP contribution is -2.21. The molecule has 32 heavy (non-hydrogen) atoms. The van der Waals surface area contributed by atoms with Gasteiger partial charge in [-0.05, 0) is 68.7 Å². The molecule has 0 N–H and O–H groups in total. The zero-order chi connectivity index (χ0) is 22.7. The van der Waals surface area contributed by atoms with Gasteiger partial charge < -0.3 is 14.4 Å². The van der Waals surface area contributed by atoms with Crippen LogP contribution in [0.1, 0.15) is 46.5 Å². The monoisotopic (exact) mass is 427 g/mol. The van der Waals surface area contributed by atoms with E-state index in [2.05, 4.69) is 62.1 Å². The molecule has 0 amide bonds. The summed E-state index contributed by atoms with van der Waals surface area (Å²) in [5.74, 6) is 1.50. The van der Waals surface area contributed by atoms with E-state index in [4.69, 9.17) is 9.47 Å². The van der Waals surface area contributed by atoms with Gasteiger partial charge in [0.15, 0.2) is 5.76 Å². The minimum absolute atomic E-state index is 0.0876. The number of allylic oxidation sites excluding steroid dienone is 1. The maximum Gasteiger partial charge on any atom is 0.232 e. The smallest absolute Gasteiger partial charge is 0.232 e. The molecule has 0 unspecified atom stereocenters. The van der Waals surface area contributed by atoms with Gasteiger partial charge in [0.1, 0.15) is 18.1 Å². The van der Waals surface area contributed by atoms with Gasteiger partial charge in [-0.3, -0.25) is 4.79 Å². The van der Waals surface area contributed by atoms with Crippen LogP contribution in [0.5, 0.6) is 11.5 Å². The quantitative estimate of drug-likeness (QED) is 0.412. The number of fused-ring (bicyclic) bond motifs is 1. The molecule has 164 valence electrons. The Morgan fingerprint density at radius 3 is 2.28 bits per heavy atom. The highest BCUT2D eigenvalue weighted by Crippen LogP contribution is 2.37. The fourth-order valence-electron chi connectivity index (χ4n) is 3.93. The summed E-state index contributed by atoms with van der Waals surface area (Å²) < 4.78 is 11.9. The maximum atomic E-state index is 13.0.